The zero-order valence-corrected chi connectivity index (χ0v) is 21.6. The molecule has 6 nitrogen and oxygen atoms in total. The molecule has 0 saturated carbocycles. The second-order valence-electron chi connectivity index (χ2n) is 9.44. The summed E-state index contributed by atoms with van der Waals surface area (Å²) in [6, 6.07) is 23.8. The number of alkyl halides is 2. The van der Waals surface area contributed by atoms with Crippen molar-refractivity contribution >= 4 is 34.9 Å². The standard InChI is InChI=1S/C30H24ClF2N3O3/c1-29(39)24-17-21(31)12-13-25(24)36(16-15-30(29,32)33)28(38)20-11-14-26(34-18-20)35-27(37)23-10-6-5-9-22(23)19-7-3-2-4-8-19/h2-14,17-18,39H,15-16H2,1H3,(H,34,35,37)/t29-/m0/s1. The van der Waals surface area contributed by atoms with E-state index in [4.69, 9.17) is 11.6 Å². The lowest BCUT2D eigenvalue weighted by Crippen LogP contribution is -2.42. The summed E-state index contributed by atoms with van der Waals surface area (Å²) in [6.45, 7) is 0.691. The molecule has 5 rings (SSSR count). The van der Waals surface area contributed by atoms with E-state index in [1.54, 1.807) is 12.1 Å². The van der Waals surface area contributed by atoms with Crippen LogP contribution in [0.4, 0.5) is 20.3 Å². The molecule has 9 heteroatoms. The van der Waals surface area contributed by atoms with Crippen molar-refractivity contribution in [3.8, 4) is 11.1 Å². The first-order valence-electron chi connectivity index (χ1n) is 12.2. The van der Waals surface area contributed by atoms with Crippen LogP contribution < -0.4 is 10.2 Å². The fraction of sp³-hybridized carbons (Fsp3) is 0.167. The van der Waals surface area contributed by atoms with Gasteiger partial charge in [-0.1, -0.05) is 60.1 Å². The van der Waals surface area contributed by atoms with Crippen molar-refractivity contribution in [2.45, 2.75) is 24.9 Å². The maximum Gasteiger partial charge on any atom is 0.281 e. The van der Waals surface area contributed by atoms with E-state index in [0.29, 0.717) is 5.56 Å². The molecule has 0 saturated heterocycles. The van der Waals surface area contributed by atoms with Crippen molar-refractivity contribution in [3.05, 3.63) is 113 Å². The summed E-state index contributed by atoms with van der Waals surface area (Å²) in [5.74, 6) is -4.23. The summed E-state index contributed by atoms with van der Waals surface area (Å²) < 4.78 is 29.7. The van der Waals surface area contributed by atoms with Crippen LogP contribution in [-0.4, -0.2) is 34.4 Å². The van der Waals surface area contributed by atoms with Gasteiger partial charge in [0.15, 0.2) is 5.60 Å². The minimum absolute atomic E-state index is 0.128. The first-order chi connectivity index (χ1) is 18.6. The Kier molecular flexibility index (Phi) is 6.92. The van der Waals surface area contributed by atoms with Crippen molar-refractivity contribution in [1.82, 2.24) is 4.98 Å². The number of nitrogens with zero attached hydrogens (tertiary/aromatic N) is 2. The van der Waals surface area contributed by atoms with Gasteiger partial charge in [0.25, 0.3) is 17.7 Å². The molecule has 3 aromatic carbocycles. The highest BCUT2D eigenvalue weighted by molar-refractivity contribution is 6.30. The molecule has 0 fully saturated rings. The average Bonchev–Trinajstić information content (AvgIpc) is 3.01. The zero-order valence-electron chi connectivity index (χ0n) is 20.9. The van der Waals surface area contributed by atoms with Crippen molar-refractivity contribution in [2.24, 2.45) is 0 Å². The lowest BCUT2D eigenvalue weighted by Gasteiger charge is -2.32. The van der Waals surface area contributed by atoms with Crippen LogP contribution in [0.25, 0.3) is 11.1 Å². The topological polar surface area (TPSA) is 82.5 Å². The van der Waals surface area contributed by atoms with Gasteiger partial charge in [-0.05, 0) is 54.4 Å². The van der Waals surface area contributed by atoms with E-state index in [-0.39, 0.29) is 40.1 Å². The zero-order chi connectivity index (χ0) is 27.8. The van der Waals surface area contributed by atoms with E-state index in [1.807, 2.05) is 42.5 Å². The number of halogens is 3. The maximum absolute atomic E-state index is 14.9. The van der Waals surface area contributed by atoms with Gasteiger partial charge in [-0.15, -0.1) is 0 Å². The van der Waals surface area contributed by atoms with Crippen LogP contribution in [0.3, 0.4) is 0 Å². The number of hydrogen-bond acceptors (Lipinski definition) is 4. The summed E-state index contributed by atoms with van der Waals surface area (Å²) >= 11 is 6.04. The van der Waals surface area contributed by atoms with Gasteiger partial charge < -0.3 is 15.3 Å². The summed E-state index contributed by atoms with van der Waals surface area (Å²) in [6.07, 6.45) is 0.526. The largest absolute Gasteiger partial charge is 0.379 e. The molecule has 0 spiro atoms. The molecular weight excluding hydrogens is 524 g/mol. The van der Waals surface area contributed by atoms with Crippen LogP contribution in [0.2, 0.25) is 5.02 Å². The smallest absolute Gasteiger partial charge is 0.281 e. The third kappa shape index (κ3) is 5.01. The highest BCUT2D eigenvalue weighted by Crippen LogP contribution is 2.47. The molecule has 1 aromatic heterocycles. The highest BCUT2D eigenvalue weighted by atomic mass is 35.5. The Balaban J connectivity index is 1.39. The predicted molar refractivity (Wildman–Crippen MR) is 146 cm³/mol. The first-order valence-corrected chi connectivity index (χ1v) is 12.6. The monoisotopic (exact) mass is 547 g/mol. The molecule has 0 aliphatic carbocycles. The Labute approximate surface area is 228 Å². The van der Waals surface area contributed by atoms with Crippen LogP contribution in [0.5, 0.6) is 0 Å². The number of aromatic nitrogens is 1. The minimum atomic E-state index is -3.50. The number of rotatable bonds is 4. The predicted octanol–water partition coefficient (Wildman–Crippen LogP) is 6.55. The SMILES string of the molecule is C[C@]1(O)c2cc(Cl)ccc2N(C(=O)c2ccc(NC(=O)c3ccccc3-c3ccccc3)nc2)CCC1(F)F. The number of amides is 2. The molecule has 198 valence electrons. The summed E-state index contributed by atoms with van der Waals surface area (Å²) in [5.41, 5.74) is -0.288. The second-order valence-corrected chi connectivity index (χ2v) is 9.88. The number of pyridine rings is 1. The molecular formula is C30H24ClF2N3O3. The van der Waals surface area contributed by atoms with E-state index < -0.39 is 23.9 Å². The Morgan fingerprint density at radius 1 is 1.00 bits per heavy atom. The van der Waals surface area contributed by atoms with Crippen molar-refractivity contribution in [1.29, 1.82) is 0 Å². The number of hydrogen-bond donors (Lipinski definition) is 2. The molecule has 39 heavy (non-hydrogen) atoms. The molecule has 0 radical (unpaired) electrons. The lowest BCUT2D eigenvalue weighted by atomic mass is 9.87. The van der Waals surface area contributed by atoms with Crippen molar-refractivity contribution < 1.29 is 23.5 Å². The number of benzene rings is 3. The molecule has 1 aliphatic rings. The van der Waals surface area contributed by atoms with Crippen LogP contribution >= 0.6 is 11.6 Å². The molecule has 4 aromatic rings. The van der Waals surface area contributed by atoms with E-state index in [1.165, 1.54) is 41.4 Å². The van der Waals surface area contributed by atoms with E-state index in [2.05, 4.69) is 10.3 Å². The van der Waals surface area contributed by atoms with Gasteiger partial charge in [0.2, 0.25) is 0 Å². The summed E-state index contributed by atoms with van der Waals surface area (Å²) in [7, 11) is 0. The van der Waals surface area contributed by atoms with Gasteiger partial charge in [-0.25, -0.2) is 13.8 Å². The first kappa shape index (κ1) is 26.5. The van der Waals surface area contributed by atoms with Crippen molar-refractivity contribution in [2.75, 3.05) is 16.8 Å². The van der Waals surface area contributed by atoms with Crippen LogP contribution in [-0.2, 0) is 5.60 Å². The Bertz CT molecular complexity index is 1540. The van der Waals surface area contributed by atoms with Gasteiger partial charge in [0.05, 0.1) is 11.3 Å². The van der Waals surface area contributed by atoms with Crippen molar-refractivity contribution in [3.63, 3.8) is 0 Å². The molecule has 2 N–H and O–H groups in total. The normalized spacial score (nSPS) is 18.1. The van der Waals surface area contributed by atoms with E-state index in [0.717, 1.165) is 18.1 Å². The molecule has 0 bridgehead atoms. The number of nitrogens with one attached hydrogen (secondary N) is 1. The number of aliphatic hydroxyl groups is 1. The third-order valence-electron chi connectivity index (χ3n) is 6.89. The van der Waals surface area contributed by atoms with E-state index >= 15 is 0 Å². The number of anilines is 2. The van der Waals surface area contributed by atoms with Gasteiger partial charge in [0.1, 0.15) is 5.82 Å². The van der Waals surface area contributed by atoms with Crippen LogP contribution in [0.15, 0.2) is 91.1 Å². The van der Waals surface area contributed by atoms with E-state index in [9.17, 15) is 23.5 Å². The summed E-state index contributed by atoms with van der Waals surface area (Å²) in [4.78, 5) is 31.9. The van der Waals surface area contributed by atoms with Gasteiger partial charge in [-0.3, -0.25) is 9.59 Å². The van der Waals surface area contributed by atoms with Gasteiger partial charge in [0, 0.05) is 35.3 Å². The average molecular weight is 548 g/mol. The number of fused-ring (bicyclic) bond motifs is 1. The second kappa shape index (κ2) is 10.2. The van der Waals surface area contributed by atoms with Crippen LogP contribution in [0, 0.1) is 0 Å². The highest BCUT2D eigenvalue weighted by Gasteiger charge is 2.53. The molecule has 2 heterocycles. The Morgan fingerprint density at radius 2 is 1.72 bits per heavy atom. The fourth-order valence-electron chi connectivity index (χ4n) is 4.64. The summed E-state index contributed by atoms with van der Waals surface area (Å²) in [5, 5.41) is 13.6. The minimum Gasteiger partial charge on any atom is -0.379 e. The lowest BCUT2D eigenvalue weighted by molar-refractivity contribution is -0.177. The van der Waals surface area contributed by atoms with Crippen LogP contribution in [0.1, 0.15) is 39.6 Å². The number of carbonyl (C=O) groups excluding carboxylic acids is 2. The molecule has 1 aliphatic heterocycles. The molecule has 0 unspecified atom stereocenters. The van der Waals surface area contributed by atoms with Gasteiger partial charge in [-0.2, -0.15) is 0 Å². The number of carbonyl (C=O) groups is 2. The fourth-order valence-corrected chi connectivity index (χ4v) is 4.81. The Hall–Kier alpha value is -4.14. The van der Waals surface area contributed by atoms with Gasteiger partial charge >= 0.3 is 0 Å². The Morgan fingerprint density at radius 3 is 2.44 bits per heavy atom. The molecule has 2 amide bonds. The third-order valence-corrected chi connectivity index (χ3v) is 7.12. The molecule has 1 atom stereocenters. The quantitative estimate of drug-likeness (QED) is 0.304. The maximum atomic E-state index is 14.9.